The number of anilines is 1. The smallest absolute Gasteiger partial charge is 0.256 e. The zero-order valence-corrected chi connectivity index (χ0v) is 23.9. The number of hydrogen-bond acceptors (Lipinski definition) is 6. The van der Waals surface area contributed by atoms with Crippen LogP contribution in [0.3, 0.4) is 0 Å². The summed E-state index contributed by atoms with van der Waals surface area (Å²) in [5.41, 5.74) is 8.41. The van der Waals surface area contributed by atoms with Crippen LogP contribution >= 0.6 is 0 Å². The fourth-order valence-corrected chi connectivity index (χ4v) is 5.38. The van der Waals surface area contributed by atoms with Gasteiger partial charge in [0.1, 0.15) is 11.5 Å². The Morgan fingerprint density at radius 3 is 2.63 bits per heavy atom. The molecule has 3 heterocycles. The van der Waals surface area contributed by atoms with Crippen molar-refractivity contribution >= 4 is 17.7 Å². The van der Waals surface area contributed by atoms with E-state index in [1.54, 1.807) is 12.4 Å². The van der Waals surface area contributed by atoms with Crippen LogP contribution in [0.4, 0.5) is 5.69 Å². The molecule has 1 aliphatic heterocycles. The number of allylic oxidation sites excluding steroid dienone is 1. The van der Waals surface area contributed by atoms with Crippen molar-refractivity contribution in [3.8, 4) is 22.8 Å². The van der Waals surface area contributed by atoms with Gasteiger partial charge in [-0.2, -0.15) is 0 Å². The van der Waals surface area contributed by atoms with Gasteiger partial charge in [-0.3, -0.25) is 19.7 Å². The third-order valence-corrected chi connectivity index (χ3v) is 7.92. The van der Waals surface area contributed by atoms with E-state index in [4.69, 9.17) is 9.72 Å². The maximum absolute atomic E-state index is 13.4. The molecule has 2 aromatic heterocycles. The van der Waals surface area contributed by atoms with Gasteiger partial charge in [0.25, 0.3) is 5.91 Å². The van der Waals surface area contributed by atoms with Crippen LogP contribution < -0.4 is 10.1 Å². The Morgan fingerprint density at radius 1 is 1.00 bits per heavy atom. The van der Waals surface area contributed by atoms with Crippen LogP contribution in [0, 0.1) is 13.8 Å². The molecule has 2 aromatic carbocycles. The van der Waals surface area contributed by atoms with Crippen molar-refractivity contribution in [3.05, 3.63) is 107 Å². The number of aromatic nitrogens is 2. The van der Waals surface area contributed by atoms with Crippen molar-refractivity contribution in [3.63, 3.8) is 0 Å². The number of nitrogens with zero attached hydrogens (tertiary/aromatic N) is 4. The highest BCUT2D eigenvalue weighted by Crippen LogP contribution is 2.35. The van der Waals surface area contributed by atoms with Crippen molar-refractivity contribution in [2.75, 3.05) is 38.5 Å². The first kappa shape index (κ1) is 26.9. The Hall–Kier alpha value is -4.33. The zero-order valence-electron chi connectivity index (χ0n) is 23.9. The van der Waals surface area contributed by atoms with Gasteiger partial charge in [0.2, 0.25) is 0 Å². The van der Waals surface area contributed by atoms with Crippen molar-refractivity contribution < 1.29 is 9.53 Å². The van der Waals surface area contributed by atoms with E-state index in [0.29, 0.717) is 17.1 Å². The number of likely N-dealkylation sites (N-methyl/N-ethyl adjacent to an activating group) is 1. The molecular formula is C34H35N5O2. The van der Waals surface area contributed by atoms with E-state index in [0.717, 1.165) is 72.9 Å². The fraction of sp³-hybridized carbons (Fsp3) is 0.265. The summed E-state index contributed by atoms with van der Waals surface area (Å²) in [5, 5.41) is 3.10. The number of pyridine rings is 2. The molecule has 0 bridgehead atoms. The molecule has 208 valence electrons. The van der Waals surface area contributed by atoms with Crippen molar-refractivity contribution in [2.24, 2.45) is 0 Å². The largest absolute Gasteiger partial charge is 0.457 e. The summed E-state index contributed by atoms with van der Waals surface area (Å²) >= 11 is 0. The van der Waals surface area contributed by atoms with E-state index >= 15 is 0 Å². The number of nitrogens with one attached hydrogen (secondary N) is 1. The second-order valence-electron chi connectivity index (χ2n) is 11.0. The van der Waals surface area contributed by atoms with Gasteiger partial charge in [0.05, 0.1) is 11.4 Å². The molecule has 0 saturated carbocycles. The Kier molecular flexibility index (Phi) is 7.63. The van der Waals surface area contributed by atoms with E-state index in [2.05, 4.69) is 52.3 Å². The first-order chi connectivity index (χ1) is 19.9. The number of amides is 1. The fourth-order valence-electron chi connectivity index (χ4n) is 5.38. The molecule has 1 fully saturated rings. The van der Waals surface area contributed by atoms with Crippen LogP contribution in [-0.2, 0) is 13.0 Å². The highest BCUT2D eigenvalue weighted by atomic mass is 16.5. The van der Waals surface area contributed by atoms with Gasteiger partial charge in [-0.25, -0.2) is 0 Å². The first-order valence-corrected chi connectivity index (χ1v) is 14.1. The standard InChI is InChI=1S/C34H35N5O2/c1-23-9-12-28(41-33-20-32(25-6-5-13-35-21-25)37-31-8-4-7-29(31)33)19-30(23)34(40)36-27-11-10-26(24(2)18-27)22-39-16-14-38(3)15-17-39/h4-7,9-13,18-21H,8,14-17,22H2,1-3H3,(H,36,40). The molecule has 41 heavy (non-hydrogen) atoms. The average Bonchev–Trinajstić information content (AvgIpc) is 3.46. The topological polar surface area (TPSA) is 70.6 Å². The average molecular weight is 546 g/mol. The summed E-state index contributed by atoms with van der Waals surface area (Å²) in [7, 11) is 2.17. The van der Waals surface area contributed by atoms with Crippen LogP contribution in [0.1, 0.15) is 38.3 Å². The van der Waals surface area contributed by atoms with E-state index in [1.165, 1.54) is 11.1 Å². The van der Waals surface area contributed by atoms with Crippen molar-refractivity contribution in [2.45, 2.75) is 26.8 Å². The highest BCUT2D eigenvalue weighted by Gasteiger charge is 2.19. The van der Waals surface area contributed by atoms with Crippen LogP contribution in [0.2, 0.25) is 0 Å². The number of piperazine rings is 1. The Labute approximate surface area is 241 Å². The monoisotopic (exact) mass is 545 g/mol. The normalized spacial score (nSPS) is 15.1. The summed E-state index contributed by atoms with van der Waals surface area (Å²) in [5.74, 6) is 1.16. The Balaban J connectivity index is 1.19. The molecule has 0 unspecified atom stereocenters. The van der Waals surface area contributed by atoms with E-state index < -0.39 is 0 Å². The van der Waals surface area contributed by atoms with E-state index in [9.17, 15) is 4.79 Å². The second-order valence-corrected chi connectivity index (χ2v) is 11.0. The van der Waals surface area contributed by atoms with Gasteiger partial charge >= 0.3 is 0 Å². The minimum Gasteiger partial charge on any atom is -0.457 e. The second kappa shape index (κ2) is 11.6. The third-order valence-electron chi connectivity index (χ3n) is 7.92. The predicted octanol–water partition coefficient (Wildman–Crippen LogP) is 6.12. The molecule has 0 radical (unpaired) electrons. The molecule has 0 atom stereocenters. The summed E-state index contributed by atoms with van der Waals surface area (Å²) < 4.78 is 6.39. The number of rotatable bonds is 7. The molecule has 7 heteroatoms. The van der Waals surface area contributed by atoms with Gasteiger partial charge in [0, 0.05) is 80.0 Å². The number of carbonyl (C=O) groups excluding carboxylic acids is 1. The van der Waals surface area contributed by atoms with E-state index in [-0.39, 0.29) is 5.91 Å². The van der Waals surface area contributed by atoms with Crippen molar-refractivity contribution in [1.29, 1.82) is 0 Å². The van der Waals surface area contributed by atoms with Gasteiger partial charge < -0.3 is 15.0 Å². The number of aryl methyl sites for hydroxylation is 2. The molecular weight excluding hydrogens is 510 g/mol. The molecule has 2 aliphatic rings. The third kappa shape index (κ3) is 6.06. The lowest BCUT2D eigenvalue weighted by atomic mass is 10.1. The van der Waals surface area contributed by atoms with Crippen LogP contribution in [0.15, 0.2) is 73.1 Å². The van der Waals surface area contributed by atoms with Gasteiger partial charge in [0.15, 0.2) is 0 Å². The molecule has 0 spiro atoms. The van der Waals surface area contributed by atoms with Gasteiger partial charge in [-0.15, -0.1) is 0 Å². The highest BCUT2D eigenvalue weighted by molar-refractivity contribution is 6.05. The minimum absolute atomic E-state index is 0.157. The number of hydrogen-bond donors (Lipinski definition) is 1. The number of benzene rings is 2. The number of carbonyl (C=O) groups is 1. The van der Waals surface area contributed by atoms with Gasteiger partial charge in [-0.1, -0.05) is 24.3 Å². The van der Waals surface area contributed by atoms with Crippen molar-refractivity contribution in [1.82, 2.24) is 19.8 Å². The first-order valence-electron chi connectivity index (χ1n) is 14.1. The molecule has 1 aliphatic carbocycles. The Bertz CT molecular complexity index is 1610. The molecule has 1 N–H and O–H groups in total. The minimum atomic E-state index is -0.157. The maximum Gasteiger partial charge on any atom is 0.256 e. The zero-order chi connectivity index (χ0) is 28.3. The lowest BCUT2D eigenvalue weighted by Crippen LogP contribution is -2.43. The lowest BCUT2D eigenvalue weighted by Gasteiger charge is -2.32. The summed E-state index contributed by atoms with van der Waals surface area (Å²) in [6.07, 6.45) is 8.44. The Morgan fingerprint density at radius 2 is 1.85 bits per heavy atom. The maximum atomic E-state index is 13.4. The molecule has 7 nitrogen and oxygen atoms in total. The van der Waals surface area contributed by atoms with Crippen LogP contribution in [0.5, 0.6) is 11.5 Å². The molecule has 6 rings (SSSR count). The number of ether oxygens (including phenoxy) is 1. The quantitative estimate of drug-likeness (QED) is 0.302. The van der Waals surface area contributed by atoms with E-state index in [1.807, 2.05) is 55.5 Å². The summed E-state index contributed by atoms with van der Waals surface area (Å²) in [4.78, 5) is 27.3. The van der Waals surface area contributed by atoms with Crippen LogP contribution in [0.25, 0.3) is 17.3 Å². The van der Waals surface area contributed by atoms with Gasteiger partial charge in [-0.05, 0) is 74.0 Å². The van der Waals surface area contributed by atoms with Crippen LogP contribution in [-0.4, -0.2) is 58.9 Å². The molecule has 1 saturated heterocycles. The summed E-state index contributed by atoms with van der Waals surface area (Å²) in [6, 6.07) is 17.7. The molecule has 1 amide bonds. The molecule has 4 aromatic rings. The summed E-state index contributed by atoms with van der Waals surface area (Å²) in [6.45, 7) is 9.34. The lowest BCUT2D eigenvalue weighted by molar-refractivity contribution is 0.102. The number of fused-ring (bicyclic) bond motifs is 1. The SMILES string of the molecule is Cc1cc(NC(=O)c2cc(Oc3cc(-c4cccnc4)nc4c3C=CC4)ccc2C)ccc1CN1CCN(C)CC1. The predicted molar refractivity (Wildman–Crippen MR) is 163 cm³/mol.